The van der Waals surface area contributed by atoms with Crippen LogP contribution in [0.1, 0.15) is 38.6 Å². The second-order valence-corrected chi connectivity index (χ2v) is 7.87. The number of nitrogens with zero attached hydrogens (tertiary/aromatic N) is 1. The highest BCUT2D eigenvalue weighted by molar-refractivity contribution is 7.19. The highest BCUT2D eigenvalue weighted by atomic mass is 35.5. The fraction of sp³-hybridized carbons (Fsp3) is 0.562. The van der Waals surface area contributed by atoms with E-state index >= 15 is 0 Å². The van der Waals surface area contributed by atoms with E-state index in [0.29, 0.717) is 11.3 Å². The van der Waals surface area contributed by atoms with E-state index in [9.17, 15) is 0 Å². The quantitative estimate of drug-likeness (QED) is 0.853. The van der Waals surface area contributed by atoms with Crippen LogP contribution < -0.4 is 5.73 Å². The van der Waals surface area contributed by atoms with Gasteiger partial charge < -0.3 is 5.73 Å². The van der Waals surface area contributed by atoms with Crippen molar-refractivity contribution in [2.24, 2.45) is 17.1 Å². The number of nitrogens with two attached hydrogens (primary N) is 1. The lowest BCUT2D eigenvalue weighted by molar-refractivity contribution is 0.215. The van der Waals surface area contributed by atoms with Crippen LogP contribution in [0.5, 0.6) is 0 Å². The molecule has 0 aliphatic rings. The Morgan fingerprint density at radius 1 is 1.30 bits per heavy atom. The molecule has 1 aromatic carbocycles. The molecule has 2 nitrogen and oxygen atoms in total. The molecule has 1 heterocycles. The van der Waals surface area contributed by atoms with Crippen molar-refractivity contribution in [1.82, 2.24) is 4.98 Å². The van der Waals surface area contributed by atoms with Crippen LogP contribution in [0.15, 0.2) is 18.2 Å². The summed E-state index contributed by atoms with van der Waals surface area (Å²) in [5.41, 5.74) is 7.06. The van der Waals surface area contributed by atoms with E-state index in [0.717, 1.165) is 41.0 Å². The van der Waals surface area contributed by atoms with Crippen molar-refractivity contribution in [1.29, 1.82) is 0 Å². The molecule has 1 unspecified atom stereocenters. The lowest BCUT2D eigenvalue weighted by Crippen LogP contribution is -2.24. The first-order valence-corrected chi connectivity index (χ1v) is 8.35. The van der Waals surface area contributed by atoms with Gasteiger partial charge in [-0.25, -0.2) is 4.98 Å². The summed E-state index contributed by atoms with van der Waals surface area (Å²) < 4.78 is 1.11. The van der Waals surface area contributed by atoms with Gasteiger partial charge in [-0.3, -0.25) is 0 Å². The molecule has 2 rings (SSSR count). The molecule has 1 aromatic heterocycles. The Balaban J connectivity index is 2.10. The van der Waals surface area contributed by atoms with Crippen molar-refractivity contribution in [3.63, 3.8) is 0 Å². The summed E-state index contributed by atoms with van der Waals surface area (Å²) in [6.07, 6.45) is 3.23. The molecule has 0 amide bonds. The summed E-state index contributed by atoms with van der Waals surface area (Å²) in [5.74, 6) is 0.634. The van der Waals surface area contributed by atoms with Crippen LogP contribution in [0.3, 0.4) is 0 Å². The summed E-state index contributed by atoms with van der Waals surface area (Å²) in [6.45, 7) is 7.64. The van der Waals surface area contributed by atoms with E-state index in [-0.39, 0.29) is 0 Å². The maximum absolute atomic E-state index is 6.21. The van der Waals surface area contributed by atoms with Crippen LogP contribution in [0.4, 0.5) is 0 Å². The zero-order chi connectivity index (χ0) is 14.8. The number of thiazole rings is 1. The van der Waals surface area contributed by atoms with E-state index in [1.54, 1.807) is 11.3 Å². The molecule has 0 fully saturated rings. The maximum atomic E-state index is 6.21. The van der Waals surface area contributed by atoms with Gasteiger partial charge in [-0.15, -0.1) is 11.3 Å². The molecule has 0 saturated carbocycles. The van der Waals surface area contributed by atoms with Crippen molar-refractivity contribution in [2.45, 2.75) is 40.0 Å². The molecule has 0 aliphatic heterocycles. The molecular weight excluding hydrogens is 288 g/mol. The molecule has 0 spiro atoms. The number of benzene rings is 1. The molecule has 0 bridgehead atoms. The average molecular weight is 311 g/mol. The van der Waals surface area contributed by atoms with Gasteiger partial charge in [-0.2, -0.15) is 0 Å². The zero-order valence-corrected chi connectivity index (χ0v) is 14.0. The van der Waals surface area contributed by atoms with E-state index in [2.05, 4.69) is 20.8 Å². The lowest BCUT2D eigenvalue weighted by Gasteiger charge is -2.30. The smallest absolute Gasteiger partial charge is 0.0939 e. The number of halogens is 1. The van der Waals surface area contributed by atoms with E-state index in [1.807, 2.05) is 18.2 Å². The van der Waals surface area contributed by atoms with Gasteiger partial charge in [0.2, 0.25) is 0 Å². The summed E-state index contributed by atoms with van der Waals surface area (Å²) in [4.78, 5) is 4.69. The van der Waals surface area contributed by atoms with Gasteiger partial charge in [0.05, 0.1) is 20.2 Å². The van der Waals surface area contributed by atoms with Gasteiger partial charge >= 0.3 is 0 Å². The standard InChI is InChI=1S/C16H23ClN2S/c1-16(2,3)11(9-10-18)7-8-14-19-13-6-4-5-12(17)15(13)20-14/h4-6,11H,7-10,18H2,1-3H3. The minimum Gasteiger partial charge on any atom is -0.330 e. The monoisotopic (exact) mass is 310 g/mol. The van der Waals surface area contributed by atoms with E-state index < -0.39 is 0 Å². The molecule has 20 heavy (non-hydrogen) atoms. The molecule has 0 aliphatic carbocycles. The second-order valence-electron chi connectivity index (χ2n) is 6.37. The number of hydrogen-bond acceptors (Lipinski definition) is 3. The molecule has 110 valence electrons. The minimum absolute atomic E-state index is 0.299. The largest absolute Gasteiger partial charge is 0.330 e. The third kappa shape index (κ3) is 3.72. The van der Waals surface area contributed by atoms with Crippen LogP contribution in [0, 0.1) is 11.3 Å². The van der Waals surface area contributed by atoms with Gasteiger partial charge in [-0.05, 0) is 49.3 Å². The zero-order valence-electron chi connectivity index (χ0n) is 12.4. The molecule has 2 aromatic rings. The van der Waals surface area contributed by atoms with Crippen molar-refractivity contribution in [3.8, 4) is 0 Å². The number of hydrogen-bond donors (Lipinski definition) is 1. The second kappa shape index (κ2) is 6.42. The van der Waals surface area contributed by atoms with Crippen LogP contribution in [0.25, 0.3) is 10.2 Å². The third-order valence-corrected chi connectivity index (χ3v) is 5.45. The molecule has 1 atom stereocenters. The van der Waals surface area contributed by atoms with Gasteiger partial charge in [-0.1, -0.05) is 38.4 Å². The highest BCUT2D eigenvalue weighted by Gasteiger charge is 2.24. The average Bonchev–Trinajstić information content (AvgIpc) is 2.77. The third-order valence-electron chi connectivity index (χ3n) is 3.86. The van der Waals surface area contributed by atoms with Crippen LogP contribution >= 0.6 is 22.9 Å². The van der Waals surface area contributed by atoms with Crippen LogP contribution in [0.2, 0.25) is 5.02 Å². The number of aryl methyl sites for hydroxylation is 1. The number of fused-ring (bicyclic) bond motifs is 1. The van der Waals surface area contributed by atoms with E-state index in [1.165, 1.54) is 5.01 Å². The Kier molecular flexibility index (Phi) is 5.05. The van der Waals surface area contributed by atoms with Crippen molar-refractivity contribution in [3.05, 3.63) is 28.2 Å². The minimum atomic E-state index is 0.299. The molecule has 0 radical (unpaired) electrons. The molecule has 0 saturated heterocycles. The highest BCUT2D eigenvalue weighted by Crippen LogP contribution is 2.34. The summed E-state index contributed by atoms with van der Waals surface area (Å²) in [6, 6.07) is 5.92. The van der Waals surface area contributed by atoms with Crippen molar-refractivity contribution < 1.29 is 0 Å². The first-order chi connectivity index (χ1) is 9.41. The van der Waals surface area contributed by atoms with Gasteiger partial charge in [0, 0.05) is 0 Å². The Labute approximate surface area is 130 Å². The van der Waals surface area contributed by atoms with Crippen LogP contribution in [-0.2, 0) is 6.42 Å². The van der Waals surface area contributed by atoms with Crippen molar-refractivity contribution >= 4 is 33.2 Å². The van der Waals surface area contributed by atoms with E-state index in [4.69, 9.17) is 22.3 Å². The Morgan fingerprint density at radius 3 is 2.65 bits per heavy atom. The molecule has 2 N–H and O–H groups in total. The Bertz CT molecular complexity index is 571. The number of rotatable bonds is 5. The van der Waals surface area contributed by atoms with Gasteiger partial charge in [0.25, 0.3) is 0 Å². The number of aromatic nitrogens is 1. The first-order valence-electron chi connectivity index (χ1n) is 7.16. The van der Waals surface area contributed by atoms with Gasteiger partial charge in [0.1, 0.15) is 0 Å². The fourth-order valence-electron chi connectivity index (χ4n) is 2.58. The normalized spacial score (nSPS) is 13.8. The van der Waals surface area contributed by atoms with Gasteiger partial charge in [0.15, 0.2) is 0 Å². The Hall–Kier alpha value is -0.640. The fourth-order valence-corrected chi connectivity index (χ4v) is 3.85. The lowest BCUT2D eigenvalue weighted by atomic mass is 9.76. The topological polar surface area (TPSA) is 38.9 Å². The predicted molar refractivity (Wildman–Crippen MR) is 89.6 cm³/mol. The summed E-state index contributed by atoms with van der Waals surface area (Å²) >= 11 is 7.93. The Morgan fingerprint density at radius 2 is 2.05 bits per heavy atom. The predicted octanol–water partition coefficient (Wildman–Crippen LogP) is 4.89. The molecular formula is C16H23ClN2S. The SMILES string of the molecule is CC(C)(C)C(CCN)CCc1nc2cccc(Cl)c2s1. The van der Waals surface area contributed by atoms with Crippen molar-refractivity contribution in [2.75, 3.05) is 6.54 Å². The molecule has 4 heteroatoms. The maximum Gasteiger partial charge on any atom is 0.0939 e. The summed E-state index contributed by atoms with van der Waals surface area (Å²) in [5, 5.41) is 1.99. The summed E-state index contributed by atoms with van der Waals surface area (Å²) in [7, 11) is 0. The first kappa shape index (κ1) is 15.7. The van der Waals surface area contributed by atoms with Crippen LogP contribution in [-0.4, -0.2) is 11.5 Å².